The third kappa shape index (κ3) is 5.91. The van der Waals surface area contributed by atoms with Gasteiger partial charge < -0.3 is 5.73 Å². The van der Waals surface area contributed by atoms with Crippen molar-refractivity contribution in [2.24, 2.45) is 5.73 Å². The zero-order valence-corrected chi connectivity index (χ0v) is 17.4. The topological polar surface area (TPSA) is 68.0 Å². The van der Waals surface area contributed by atoms with Gasteiger partial charge in [-0.1, -0.05) is 48.5 Å². The van der Waals surface area contributed by atoms with Gasteiger partial charge in [-0.05, 0) is 54.2 Å². The van der Waals surface area contributed by atoms with Gasteiger partial charge in [-0.15, -0.1) is 0 Å². The zero-order valence-electron chi connectivity index (χ0n) is 17.4. The lowest BCUT2D eigenvalue weighted by molar-refractivity contribution is -0.141. The van der Waals surface area contributed by atoms with E-state index in [4.69, 9.17) is 5.73 Å². The molecule has 2 aromatic carbocycles. The van der Waals surface area contributed by atoms with Crippen molar-refractivity contribution in [1.82, 2.24) is 10.3 Å². The monoisotopic (exact) mass is 445 g/mol. The van der Waals surface area contributed by atoms with Crippen LogP contribution in [0.1, 0.15) is 46.5 Å². The average molecular weight is 445 g/mol. The summed E-state index contributed by atoms with van der Waals surface area (Å²) in [5, 5.41) is 3.24. The first kappa shape index (κ1) is 23.4. The van der Waals surface area contributed by atoms with Gasteiger partial charge in [0, 0.05) is 12.2 Å². The van der Waals surface area contributed by atoms with Crippen LogP contribution in [0.4, 0.5) is 17.6 Å². The minimum atomic E-state index is -4.50. The summed E-state index contributed by atoms with van der Waals surface area (Å²) in [6, 6.07) is 14.7. The van der Waals surface area contributed by atoms with Crippen molar-refractivity contribution < 1.29 is 22.4 Å². The number of rotatable bonds is 8. The molecule has 8 heteroatoms. The number of nitrogens with one attached hydrogen (secondary N) is 1. The smallest absolute Gasteiger partial charge is 0.368 e. The highest BCUT2D eigenvalue weighted by Gasteiger charge is 2.32. The molecule has 0 saturated heterocycles. The van der Waals surface area contributed by atoms with Gasteiger partial charge in [0.2, 0.25) is 5.91 Å². The molecular formula is C24H23F4N3O. The summed E-state index contributed by atoms with van der Waals surface area (Å²) in [5.74, 6) is -0.926. The predicted molar refractivity (Wildman–Crippen MR) is 113 cm³/mol. The van der Waals surface area contributed by atoms with Crippen LogP contribution in [0.15, 0.2) is 66.9 Å². The normalized spacial score (nSPS) is 13.5. The van der Waals surface area contributed by atoms with Gasteiger partial charge in [0.25, 0.3) is 0 Å². The average Bonchev–Trinajstić information content (AvgIpc) is 2.76. The fraction of sp³-hybridized carbons (Fsp3) is 0.250. The standard InChI is InChI=1S/C24H23F4N3O/c1-15-13-18(9-10-19(15)25)20(31-22(23(29)32)17-5-3-2-4-6-17)11-7-16-8-12-21(30-14-16)24(26,27)28/h2-6,8-10,12-14,20,22,31H,7,11H2,1H3,(H2,29,32)/t20-,22-/m1/s1. The van der Waals surface area contributed by atoms with Crippen molar-refractivity contribution in [3.8, 4) is 0 Å². The molecule has 3 aromatic rings. The molecule has 1 amide bonds. The minimum absolute atomic E-state index is 0.353. The Labute approximate surface area is 183 Å². The highest BCUT2D eigenvalue weighted by atomic mass is 19.4. The Morgan fingerprint density at radius 3 is 2.34 bits per heavy atom. The summed E-state index contributed by atoms with van der Waals surface area (Å²) in [5.41, 5.74) is 7.16. The van der Waals surface area contributed by atoms with E-state index in [1.807, 2.05) is 6.07 Å². The molecule has 0 aliphatic rings. The Hall–Kier alpha value is -3.26. The lowest BCUT2D eigenvalue weighted by atomic mass is 9.95. The Morgan fingerprint density at radius 2 is 1.78 bits per heavy atom. The number of alkyl halides is 3. The predicted octanol–water partition coefficient (Wildman–Crippen LogP) is 5.04. The second kappa shape index (κ2) is 9.91. The van der Waals surface area contributed by atoms with Crippen molar-refractivity contribution in [1.29, 1.82) is 0 Å². The van der Waals surface area contributed by atoms with Gasteiger partial charge in [-0.3, -0.25) is 15.1 Å². The van der Waals surface area contributed by atoms with E-state index < -0.39 is 29.9 Å². The van der Waals surface area contributed by atoms with E-state index in [1.165, 1.54) is 18.3 Å². The zero-order chi connectivity index (χ0) is 23.3. The number of benzene rings is 2. The Balaban J connectivity index is 1.85. The van der Waals surface area contributed by atoms with E-state index in [9.17, 15) is 22.4 Å². The Bertz CT molecular complexity index is 1050. The van der Waals surface area contributed by atoms with Gasteiger partial charge >= 0.3 is 6.18 Å². The number of hydrogen-bond donors (Lipinski definition) is 2. The van der Waals surface area contributed by atoms with Crippen LogP contribution in [0.25, 0.3) is 0 Å². The molecule has 0 aliphatic heterocycles. The molecule has 4 nitrogen and oxygen atoms in total. The van der Waals surface area contributed by atoms with Crippen molar-refractivity contribution in [2.75, 3.05) is 0 Å². The highest BCUT2D eigenvalue weighted by Crippen LogP contribution is 2.29. The van der Waals surface area contributed by atoms with E-state index in [0.717, 1.165) is 11.6 Å². The molecule has 1 heterocycles. The Morgan fingerprint density at radius 1 is 1.06 bits per heavy atom. The van der Waals surface area contributed by atoms with Crippen LogP contribution in [-0.4, -0.2) is 10.9 Å². The maximum atomic E-state index is 13.8. The summed E-state index contributed by atoms with van der Waals surface area (Å²) in [7, 11) is 0. The molecule has 0 aliphatic carbocycles. The van der Waals surface area contributed by atoms with Gasteiger partial charge in [0.1, 0.15) is 17.6 Å². The fourth-order valence-corrected chi connectivity index (χ4v) is 3.47. The molecule has 0 spiro atoms. The van der Waals surface area contributed by atoms with Crippen LogP contribution in [0, 0.1) is 12.7 Å². The molecule has 0 unspecified atom stereocenters. The van der Waals surface area contributed by atoms with E-state index >= 15 is 0 Å². The van der Waals surface area contributed by atoms with E-state index in [0.29, 0.717) is 29.5 Å². The van der Waals surface area contributed by atoms with Crippen LogP contribution in [-0.2, 0) is 17.4 Å². The molecule has 168 valence electrons. The summed E-state index contributed by atoms with van der Waals surface area (Å²) < 4.78 is 52.1. The minimum Gasteiger partial charge on any atom is -0.368 e. The first-order valence-electron chi connectivity index (χ1n) is 10.0. The molecule has 0 saturated carbocycles. The highest BCUT2D eigenvalue weighted by molar-refractivity contribution is 5.81. The molecule has 32 heavy (non-hydrogen) atoms. The second-order valence-electron chi connectivity index (χ2n) is 7.56. The van der Waals surface area contributed by atoms with Gasteiger partial charge in [-0.2, -0.15) is 13.2 Å². The van der Waals surface area contributed by atoms with Crippen molar-refractivity contribution in [2.45, 2.75) is 38.0 Å². The van der Waals surface area contributed by atoms with Crippen LogP contribution >= 0.6 is 0 Å². The second-order valence-corrected chi connectivity index (χ2v) is 7.56. The van der Waals surface area contributed by atoms with Gasteiger partial charge in [0.15, 0.2) is 0 Å². The molecule has 2 atom stereocenters. The first-order valence-corrected chi connectivity index (χ1v) is 10.0. The van der Waals surface area contributed by atoms with Gasteiger partial charge in [-0.25, -0.2) is 4.39 Å². The van der Waals surface area contributed by atoms with Crippen molar-refractivity contribution in [3.05, 3.63) is 101 Å². The number of amides is 1. The number of nitrogens with zero attached hydrogens (tertiary/aromatic N) is 1. The molecule has 0 bridgehead atoms. The molecular weight excluding hydrogens is 422 g/mol. The lowest BCUT2D eigenvalue weighted by Gasteiger charge is -2.25. The van der Waals surface area contributed by atoms with Crippen molar-refractivity contribution in [3.63, 3.8) is 0 Å². The largest absolute Gasteiger partial charge is 0.433 e. The number of nitrogens with two attached hydrogens (primary N) is 1. The maximum Gasteiger partial charge on any atom is 0.433 e. The molecule has 1 aromatic heterocycles. The first-order chi connectivity index (χ1) is 15.1. The third-order valence-electron chi connectivity index (χ3n) is 5.21. The number of hydrogen-bond acceptors (Lipinski definition) is 3. The SMILES string of the molecule is Cc1cc([C@@H](CCc2ccc(C(F)(F)F)nc2)N[C@@H](C(N)=O)c2ccccc2)ccc1F. The Kier molecular flexibility index (Phi) is 7.25. The summed E-state index contributed by atoms with van der Waals surface area (Å²) in [6.45, 7) is 1.64. The van der Waals surface area contributed by atoms with Crippen molar-refractivity contribution >= 4 is 5.91 Å². The van der Waals surface area contributed by atoms with E-state index in [1.54, 1.807) is 43.3 Å². The fourth-order valence-electron chi connectivity index (χ4n) is 3.47. The van der Waals surface area contributed by atoms with Crippen LogP contribution in [0.5, 0.6) is 0 Å². The number of primary amides is 1. The summed E-state index contributed by atoms with van der Waals surface area (Å²) >= 11 is 0. The number of aryl methyl sites for hydroxylation is 2. The summed E-state index contributed by atoms with van der Waals surface area (Å²) in [6.07, 6.45) is -2.49. The molecule has 3 rings (SSSR count). The number of carbonyl (C=O) groups excluding carboxylic acids is 1. The van der Waals surface area contributed by atoms with Crippen LogP contribution in [0.3, 0.4) is 0 Å². The molecule has 0 fully saturated rings. The number of halogens is 4. The summed E-state index contributed by atoms with van der Waals surface area (Å²) in [4.78, 5) is 15.7. The number of carbonyl (C=O) groups is 1. The maximum absolute atomic E-state index is 13.8. The molecule has 3 N–H and O–H groups in total. The van der Waals surface area contributed by atoms with E-state index in [-0.39, 0.29) is 5.82 Å². The van der Waals surface area contributed by atoms with E-state index in [2.05, 4.69) is 10.3 Å². The van der Waals surface area contributed by atoms with Crippen LogP contribution in [0.2, 0.25) is 0 Å². The number of pyridine rings is 1. The molecule has 0 radical (unpaired) electrons. The van der Waals surface area contributed by atoms with Crippen LogP contribution < -0.4 is 11.1 Å². The number of aromatic nitrogens is 1. The van der Waals surface area contributed by atoms with Gasteiger partial charge in [0.05, 0.1) is 0 Å². The quantitative estimate of drug-likeness (QED) is 0.478. The third-order valence-corrected chi connectivity index (χ3v) is 5.21. The lowest BCUT2D eigenvalue weighted by Crippen LogP contribution is -2.36.